The number of ether oxygens (including phenoxy) is 2. The number of thiophene rings is 1. The molecule has 0 aliphatic heterocycles. The Morgan fingerprint density at radius 3 is 2.78 bits per heavy atom. The van der Waals surface area contributed by atoms with E-state index < -0.39 is 0 Å². The van der Waals surface area contributed by atoms with Gasteiger partial charge in [-0.2, -0.15) is 0 Å². The average Bonchev–Trinajstić information content (AvgIpc) is 3.03. The van der Waals surface area contributed by atoms with Crippen molar-refractivity contribution in [3.63, 3.8) is 0 Å². The van der Waals surface area contributed by atoms with Crippen LogP contribution in [0.5, 0.6) is 0 Å². The van der Waals surface area contributed by atoms with Gasteiger partial charge in [-0.05, 0) is 18.2 Å². The Hall–Kier alpha value is -1.80. The van der Waals surface area contributed by atoms with Crippen molar-refractivity contribution >= 4 is 17.0 Å². The summed E-state index contributed by atoms with van der Waals surface area (Å²) in [6, 6.07) is 10.7. The van der Waals surface area contributed by atoms with Crippen molar-refractivity contribution in [1.82, 2.24) is 5.32 Å². The third-order valence-corrected chi connectivity index (χ3v) is 4.30. The van der Waals surface area contributed by atoms with Crippen molar-refractivity contribution in [1.29, 1.82) is 0 Å². The molecule has 0 radical (unpaired) electrons. The van der Waals surface area contributed by atoms with Crippen LogP contribution in [-0.2, 0) is 16.0 Å². The van der Waals surface area contributed by atoms with Gasteiger partial charge in [0.25, 0.3) is 5.69 Å². The summed E-state index contributed by atoms with van der Waals surface area (Å²) in [5.74, 6) is 0. The van der Waals surface area contributed by atoms with E-state index >= 15 is 0 Å². The molecule has 2 aromatic rings. The summed E-state index contributed by atoms with van der Waals surface area (Å²) in [5.41, 5.74) is 0.803. The molecule has 1 aromatic carbocycles. The van der Waals surface area contributed by atoms with E-state index in [2.05, 4.69) is 5.32 Å². The highest BCUT2D eigenvalue weighted by atomic mass is 32.1. The van der Waals surface area contributed by atoms with Crippen LogP contribution in [0.3, 0.4) is 0 Å². The van der Waals surface area contributed by atoms with Gasteiger partial charge >= 0.3 is 0 Å². The summed E-state index contributed by atoms with van der Waals surface area (Å²) in [7, 11) is 1.65. The summed E-state index contributed by atoms with van der Waals surface area (Å²) in [6.07, 6.45) is 0. The zero-order chi connectivity index (χ0) is 16.5. The largest absolute Gasteiger partial charge is 0.382 e. The van der Waals surface area contributed by atoms with Gasteiger partial charge in [-0.25, -0.2) is 0 Å². The molecule has 0 saturated carbocycles. The summed E-state index contributed by atoms with van der Waals surface area (Å²) >= 11 is 1.56. The topological polar surface area (TPSA) is 73.6 Å². The first kappa shape index (κ1) is 17.6. The van der Waals surface area contributed by atoms with E-state index in [9.17, 15) is 10.1 Å². The van der Waals surface area contributed by atoms with Gasteiger partial charge < -0.3 is 14.8 Å². The maximum atomic E-state index is 11.1. The van der Waals surface area contributed by atoms with Gasteiger partial charge in [0.15, 0.2) is 0 Å². The van der Waals surface area contributed by atoms with Crippen molar-refractivity contribution in [3.05, 3.63) is 51.4 Å². The van der Waals surface area contributed by atoms with Gasteiger partial charge in [0.05, 0.1) is 30.3 Å². The van der Waals surface area contributed by atoms with Gasteiger partial charge in [-0.15, -0.1) is 11.3 Å². The SMILES string of the molecule is COCCOCCNCc1ccc(-c2ccccc2[N+](=O)[O-])s1. The minimum atomic E-state index is -0.343. The Kier molecular flexibility index (Phi) is 7.15. The fraction of sp³-hybridized carbons (Fsp3) is 0.375. The lowest BCUT2D eigenvalue weighted by Gasteiger charge is -2.04. The van der Waals surface area contributed by atoms with Crippen LogP contribution in [0.2, 0.25) is 0 Å². The van der Waals surface area contributed by atoms with E-state index in [1.807, 2.05) is 18.2 Å². The molecule has 23 heavy (non-hydrogen) atoms. The molecule has 1 N–H and O–H groups in total. The molecular weight excluding hydrogens is 316 g/mol. The lowest BCUT2D eigenvalue weighted by molar-refractivity contribution is -0.384. The predicted octanol–water partition coefficient (Wildman–Crippen LogP) is 3.08. The van der Waals surface area contributed by atoms with Gasteiger partial charge in [-0.3, -0.25) is 10.1 Å². The molecule has 7 heteroatoms. The van der Waals surface area contributed by atoms with Gasteiger partial charge in [-0.1, -0.05) is 12.1 Å². The molecule has 0 aliphatic rings. The van der Waals surface area contributed by atoms with Crippen LogP contribution in [0.15, 0.2) is 36.4 Å². The zero-order valence-electron chi connectivity index (χ0n) is 13.0. The minimum Gasteiger partial charge on any atom is -0.382 e. The molecule has 0 spiro atoms. The Morgan fingerprint density at radius 2 is 2.00 bits per heavy atom. The van der Waals surface area contributed by atoms with Crippen molar-refractivity contribution in [2.24, 2.45) is 0 Å². The molecule has 0 fully saturated rings. The van der Waals surface area contributed by atoms with E-state index in [4.69, 9.17) is 9.47 Å². The number of nitrogens with zero attached hydrogens (tertiary/aromatic N) is 1. The van der Waals surface area contributed by atoms with Crippen LogP contribution in [0.4, 0.5) is 5.69 Å². The molecule has 0 bridgehead atoms. The Bertz CT molecular complexity index is 630. The molecule has 0 saturated heterocycles. The Labute approximate surface area is 139 Å². The number of hydrogen-bond acceptors (Lipinski definition) is 6. The van der Waals surface area contributed by atoms with E-state index in [1.165, 1.54) is 6.07 Å². The van der Waals surface area contributed by atoms with Gasteiger partial charge in [0.2, 0.25) is 0 Å². The Balaban J connectivity index is 1.85. The highest BCUT2D eigenvalue weighted by Crippen LogP contribution is 2.34. The number of benzene rings is 1. The van der Waals surface area contributed by atoms with E-state index in [0.717, 1.165) is 22.8 Å². The second-order valence-corrected chi connectivity index (χ2v) is 5.99. The number of hydrogen-bond donors (Lipinski definition) is 1. The van der Waals surface area contributed by atoms with E-state index in [-0.39, 0.29) is 10.6 Å². The van der Waals surface area contributed by atoms with Crippen LogP contribution in [0.1, 0.15) is 4.88 Å². The zero-order valence-corrected chi connectivity index (χ0v) is 13.8. The van der Waals surface area contributed by atoms with Crippen LogP contribution in [0.25, 0.3) is 10.4 Å². The maximum Gasteiger partial charge on any atom is 0.278 e. The van der Waals surface area contributed by atoms with Crippen molar-refractivity contribution in [2.75, 3.05) is 33.5 Å². The number of para-hydroxylation sites is 1. The summed E-state index contributed by atoms with van der Waals surface area (Å²) < 4.78 is 10.3. The van der Waals surface area contributed by atoms with Crippen LogP contribution >= 0.6 is 11.3 Å². The molecule has 6 nitrogen and oxygen atoms in total. The molecule has 1 heterocycles. The smallest absolute Gasteiger partial charge is 0.278 e. The van der Waals surface area contributed by atoms with Crippen LogP contribution in [0, 0.1) is 10.1 Å². The first-order valence-electron chi connectivity index (χ1n) is 7.32. The Morgan fingerprint density at radius 1 is 1.17 bits per heavy atom. The third kappa shape index (κ3) is 5.40. The molecule has 2 rings (SSSR count). The highest BCUT2D eigenvalue weighted by molar-refractivity contribution is 7.15. The molecule has 0 unspecified atom stereocenters. The summed E-state index contributed by atoms with van der Waals surface area (Å²) in [5, 5.41) is 14.4. The summed E-state index contributed by atoms with van der Waals surface area (Å²) in [6.45, 7) is 3.30. The van der Waals surface area contributed by atoms with Crippen molar-refractivity contribution in [3.8, 4) is 10.4 Å². The first-order valence-corrected chi connectivity index (χ1v) is 8.14. The molecule has 1 aromatic heterocycles. The molecule has 0 atom stereocenters. The van der Waals surface area contributed by atoms with Gasteiger partial charge in [0, 0.05) is 36.0 Å². The average molecular weight is 336 g/mol. The van der Waals surface area contributed by atoms with Crippen LogP contribution in [-0.4, -0.2) is 38.4 Å². The van der Waals surface area contributed by atoms with Crippen LogP contribution < -0.4 is 5.32 Å². The first-order chi connectivity index (χ1) is 11.2. The number of rotatable bonds is 10. The van der Waals surface area contributed by atoms with Crippen molar-refractivity contribution < 1.29 is 14.4 Å². The molecule has 0 aliphatic carbocycles. The van der Waals surface area contributed by atoms with E-state index in [1.54, 1.807) is 30.6 Å². The monoisotopic (exact) mass is 336 g/mol. The summed E-state index contributed by atoms with van der Waals surface area (Å²) in [4.78, 5) is 12.8. The predicted molar refractivity (Wildman–Crippen MR) is 90.8 cm³/mol. The lowest BCUT2D eigenvalue weighted by Crippen LogP contribution is -2.19. The normalized spacial score (nSPS) is 10.8. The van der Waals surface area contributed by atoms with E-state index in [0.29, 0.717) is 25.4 Å². The fourth-order valence-electron chi connectivity index (χ4n) is 2.06. The molecule has 124 valence electrons. The third-order valence-electron chi connectivity index (χ3n) is 3.18. The lowest BCUT2D eigenvalue weighted by atomic mass is 10.1. The van der Waals surface area contributed by atoms with Crippen molar-refractivity contribution in [2.45, 2.75) is 6.54 Å². The number of methoxy groups -OCH3 is 1. The second-order valence-electron chi connectivity index (χ2n) is 4.82. The number of nitrogens with one attached hydrogen (secondary N) is 1. The van der Waals surface area contributed by atoms with Gasteiger partial charge in [0.1, 0.15) is 0 Å². The standard InChI is InChI=1S/C16H20N2O4S/c1-21-10-11-22-9-8-17-12-13-6-7-16(23-13)14-4-2-3-5-15(14)18(19)20/h2-7,17H,8-12H2,1H3. The molecular formula is C16H20N2O4S. The minimum absolute atomic E-state index is 0.139. The quantitative estimate of drug-likeness (QED) is 0.410. The number of nitro benzene ring substituents is 1. The fourth-order valence-corrected chi connectivity index (χ4v) is 3.07. The second kappa shape index (κ2) is 9.36. The highest BCUT2D eigenvalue weighted by Gasteiger charge is 2.15. The maximum absolute atomic E-state index is 11.1. The number of nitro groups is 1. The molecule has 0 amide bonds.